The van der Waals surface area contributed by atoms with Gasteiger partial charge in [-0.05, 0) is 0 Å². The number of carbonyl (C=O) groups excluding carboxylic acids is 2. The van der Waals surface area contributed by atoms with Gasteiger partial charge in [0, 0.05) is 13.8 Å². The molecule has 0 saturated carbocycles. The lowest BCUT2D eigenvalue weighted by molar-refractivity contribution is -0.223. The average molecular weight is 274 g/mol. The highest BCUT2D eigenvalue weighted by Gasteiger charge is 2.55. The molecule has 0 heterocycles. The number of halogens is 4. The summed E-state index contributed by atoms with van der Waals surface area (Å²) in [5.74, 6) is -10.3. The van der Waals surface area contributed by atoms with Gasteiger partial charge in [0.15, 0.2) is 0 Å². The van der Waals surface area contributed by atoms with Crippen molar-refractivity contribution >= 4 is 11.9 Å². The standard InChI is InChI=1S/C10H14F4O4/c1-7(15)17-5-3-9(11,12)10(13,14)4-6-18-8(2)16/h3-6H2,1-2H3. The van der Waals surface area contributed by atoms with E-state index in [-0.39, 0.29) is 0 Å². The summed E-state index contributed by atoms with van der Waals surface area (Å²) in [5, 5.41) is 0. The molecular formula is C10H14F4O4. The molecule has 0 atom stereocenters. The van der Waals surface area contributed by atoms with Crippen LogP contribution in [-0.4, -0.2) is 37.0 Å². The molecule has 0 fully saturated rings. The van der Waals surface area contributed by atoms with Crippen molar-refractivity contribution in [3.8, 4) is 0 Å². The van der Waals surface area contributed by atoms with Crippen LogP contribution in [0.15, 0.2) is 0 Å². The van der Waals surface area contributed by atoms with Gasteiger partial charge in [0.1, 0.15) is 0 Å². The Morgan fingerprint density at radius 2 is 1.11 bits per heavy atom. The summed E-state index contributed by atoms with van der Waals surface area (Å²) in [5.41, 5.74) is 0. The summed E-state index contributed by atoms with van der Waals surface area (Å²) in [4.78, 5) is 20.6. The summed E-state index contributed by atoms with van der Waals surface area (Å²) >= 11 is 0. The van der Waals surface area contributed by atoms with E-state index in [0.29, 0.717) is 0 Å². The topological polar surface area (TPSA) is 52.6 Å². The quantitative estimate of drug-likeness (QED) is 0.527. The van der Waals surface area contributed by atoms with E-state index in [1.807, 2.05) is 0 Å². The van der Waals surface area contributed by atoms with E-state index in [0.717, 1.165) is 13.8 Å². The highest BCUT2D eigenvalue weighted by molar-refractivity contribution is 5.66. The highest BCUT2D eigenvalue weighted by atomic mass is 19.3. The molecule has 0 aromatic carbocycles. The van der Waals surface area contributed by atoms with Crippen LogP contribution in [0, 0.1) is 0 Å². The highest BCUT2D eigenvalue weighted by Crippen LogP contribution is 2.39. The third kappa shape index (κ3) is 5.83. The number of ether oxygens (including phenoxy) is 2. The van der Waals surface area contributed by atoms with Gasteiger partial charge in [-0.1, -0.05) is 0 Å². The Balaban J connectivity index is 4.26. The molecule has 0 amide bonds. The fourth-order valence-electron chi connectivity index (χ4n) is 1.01. The minimum absolute atomic E-state index is 0.800. The lowest BCUT2D eigenvalue weighted by Crippen LogP contribution is -2.42. The number of rotatable bonds is 7. The Morgan fingerprint density at radius 3 is 1.33 bits per heavy atom. The van der Waals surface area contributed by atoms with Crippen molar-refractivity contribution in [2.45, 2.75) is 38.5 Å². The zero-order chi connectivity index (χ0) is 14.4. The Labute approximate surface area is 101 Å². The molecule has 0 aliphatic rings. The van der Waals surface area contributed by atoms with Gasteiger partial charge in [-0.3, -0.25) is 9.59 Å². The lowest BCUT2D eigenvalue weighted by atomic mass is 10.1. The van der Waals surface area contributed by atoms with E-state index in [2.05, 4.69) is 9.47 Å². The summed E-state index contributed by atoms with van der Waals surface area (Å²) in [7, 11) is 0. The maximum atomic E-state index is 13.1. The molecule has 18 heavy (non-hydrogen) atoms. The van der Waals surface area contributed by atoms with E-state index in [1.165, 1.54) is 0 Å². The Bertz CT molecular complexity index is 274. The zero-order valence-corrected chi connectivity index (χ0v) is 9.97. The molecule has 0 rings (SSSR count). The van der Waals surface area contributed by atoms with Gasteiger partial charge in [-0.15, -0.1) is 0 Å². The van der Waals surface area contributed by atoms with Gasteiger partial charge in [0.05, 0.1) is 26.1 Å². The Hall–Kier alpha value is -1.34. The van der Waals surface area contributed by atoms with E-state index < -0.39 is 49.8 Å². The van der Waals surface area contributed by atoms with E-state index in [1.54, 1.807) is 0 Å². The molecule has 8 heteroatoms. The SMILES string of the molecule is CC(=O)OCCC(F)(F)C(F)(F)CCOC(C)=O. The maximum Gasteiger partial charge on any atom is 0.313 e. The zero-order valence-electron chi connectivity index (χ0n) is 9.97. The molecule has 0 saturated heterocycles. The first kappa shape index (κ1) is 16.7. The first-order valence-corrected chi connectivity index (χ1v) is 5.11. The summed E-state index contributed by atoms with van der Waals surface area (Å²) < 4.78 is 60.7. The fourth-order valence-corrected chi connectivity index (χ4v) is 1.01. The monoisotopic (exact) mass is 274 g/mol. The third-order valence-corrected chi connectivity index (χ3v) is 1.98. The van der Waals surface area contributed by atoms with Crippen molar-refractivity contribution in [1.29, 1.82) is 0 Å². The van der Waals surface area contributed by atoms with Crippen molar-refractivity contribution in [2.24, 2.45) is 0 Å². The third-order valence-electron chi connectivity index (χ3n) is 1.98. The van der Waals surface area contributed by atoms with Crippen molar-refractivity contribution in [1.82, 2.24) is 0 Å². The van der Waals surface area contributed by atoms with Crippen molar-refractivity contribution in [3.63, 3.8) is 0 Å². The molecular weight excluding hydrogens is 260 g/mol. The van der Waals surface area contributed by atoms with Crippen LogP contribution in [0.2, 0.25) is 0 Å². The molecule has 0 aliphatic heterocycles. The van der Waals surface area contributed by atoms with Crippen molar-refractivity contribution in [3.05, 3.63) is 0 Å². The fraction of sp³-hybridized carbons (Fsp3) is 0.800. The van der Waals surface area contributed by atoms with Crippen LogP contribution in [0.3, 0.4) is 0 Å². The second-order valence-electron chi connectivity index (χ2n) is 3.59. The number of carbonyl (C=O) groups is 2. The predicted octanol–water partition coefficient (Wildman–Crippen LogP) is 2.16. The average Bonchev–Trinajstić information content (AvgIpc) is 2.15. The molecule has 0 unspecified atom stereocenters. The molecule has 0 aromatic rings. The van der Waals surface area contributed by atoms with Crippen LogP contribution in [0.4, 0.5) is 17.6 Å². The summed E-state index contributed by atoms with van der Waals surface area (Å²) in [6.45, 7) is 0.366. The molecule has 0 bridgehead atoms. The number of esters is 2. The Morgan fingerprint density at radius 1 is 0.833 bits per heavy atom. The van der Waals surface area contributed by atoms with Gasteiger partial charge < -0.3 is 9.47 Å². The van der Waals surface area contributed by atoms with Crippen molar-refractivity contribution in [2.75, 3.05) is 13.2 Å². The van der Waals surface area contributed by atoms with E-state index in [9.17, 15) is 27.2 Å². The maximum absolute atomic E-state index is 13.1. The van der Waals surface area contributed by atoms with Crippen LogP contribution in [-0.2, 0) is 19.1 Å². The second kappa shape index (κ2) is 6.55. The van der Waals surface area contributed by atoms with Gasteiger partial charge >= 0.3 is 23.8 Å². The summed E-state index contributed by atoms with van der Waals surface area (Å²) in [6, 6.07) is 0. The minimum Gasteiger partial charge on any atom is -0.466 e. The normalized spacial score (nSPS) is 12.1. The lowest BCUT2D eigenvalue weighted by Gasteiger charge is -2.26. The van der Waals surface area contributed by atoms with Crippen LogP contribution in [0.5, 0.6) is 0 Å². The number of hydrogen-bond acceptors (Lipinski definition) is 4. The van der Waals surface area contributed by atoms with Crippen molar-refractivity contribution < 1.29 is 36.6 Å². The first-order chi connectivity index (χ1) is 8.08. The predicted molar refractivity (Wildman–Crippen MR) is 52.4 cm³/mol. The van der Waals surface area contributed by atoms with Crippen LogP contribution in [0.25, 0.3) is 0 Å². The molecule has 0 aliphatic carbocycles. The van der Waals surface area contributed by atoms with Crippen LogP contribution >= 0.6 is 0 Å². The first-order valence-electron chi connectivity index (χ1n) is 5.11. The molecule has 0 N–H and O–H groups in total. The number of hydrogen-bond donors (Lipinski definition) is 0. The molecule has 106 valence electrons. The van der Waals surface area contributed by atoms with E-state index >= 15 is 0 Å². The van der Waals surface area contributed by atoms with Crippen LogP contribution < -0.4 is 0 Å². The van der Waals surface area contributed by atoms with Gasteiger partial charge in [-0.25, -0.2) is 0 Å². The second-order valence-corrected chi connectivity index (χ2v) is 3.59. The molecule has 0 radical (unpaired) electrons. The van der Waals surface area contributed by atoms with Crippen LogP contribution in [0.1, 0.15) is 26.7 Å². The largest absolute Gasteiger partial charge is 0.466 e. The molecule has 4 nitrogen and oxygen atoms in total. The smallest absolute Gasteiger partial charge is 0.313 e. The Kier molecular flexibility index (Phi) is 6.07. The summed E-state index contributed by atoms with van der Waals surface area (Å²) in [6.07, 6.45) is -2.58. The van der Waals surface area contributed by atoms with Gasteiger partial charge in [-0.2, -0.15) is 17.6 Å². The minimum atomic E-state index is -4.33. The molecule has 0 aromatic heterocycles. The van der Waals surface area contributed by atoms with E-state index in [4.69, 9.17) is 0 Å². The number of alkyl halides is 4. The van der Waals surface area contributed by atoms with Gasteiger partial charge in [0.25, 0.3) is 0 Å². The molecule has 0 spiro atoms. The van der Waals surface area contributed by atoms with Gasteiger partial charge in [0.2, 0.25) is 0 Å².